The molecule has 0 unspecified atom stereocenters. The van der Waals surface area contributed by atoms with Crippen LogP contribution in [0.5, 0.6) is 0 Å². The molecule has 0 atom stereocenters. The molecule has 0 aliphatic carbocycles. The normalized spacial score (nSPS) is 10.9. The molecule has 0 saturated heterocycles. The van der Waals surface area contributed by atoms with Crippen LogP contribution in [0, 0.1) is 0 Å². The van der Waals surface area contributed by atoms with E-state index in [1.54, 1.807) is 48.5 Å². The van der Waals surface area contributed by atoms with Crippen LogP contribution in [-0.4, -0.2) is 17.4 Å². The summed E-state index contributed by atoms with van der Waals surface area (Å²) in [4.78, 5) is 22.9. The molecule has 0 saturated carbocycles. The average Bonchev–Trinajstić information content (AvgIpc) is 2.46. The molecule has 2 rings (SSSR count). The molecular weight excluding hydrogens is 240 g/mol. The van der Waals surface area contributed by atoms with Crippen molar-refractivity contribution in [3.63, 3.8) is 0 Å². The molecule has 19 heavy (non-hydrogen) atoms. The van der Waals surface area contributed by atoms with Crippen LogP contribution in [-0.2, 0) is 15.0 Å². The minimum absolute atomic E-state index is 0.0869. The Morgan fingerprint density at radius 2 is 1.37 bits per heavy atom. The lowest BCUT2D eigenvalue weighted by Gasteiger charge is -2.28. The molecule has 0 fully saturated rings. The van der Waals surface area contributed by atoms with Gasteiger partial charge in [0.2, 0.25) is 0 Å². The van der Waals surface area contributed by atoms with Crippen LogP contribution in [0.25, 0.3) is 0 Å². The van der Waals surface area contributed by atoms with Gasteiger partial charge in [-0.1, -0.05) is 60.7 Å². The number of carboxylic acid groups (broad SMARTS) is 1. The zero-order chi connectivity index (χ0) is 13.7. The first kappa shape index (κ1) is 13.0. The van der Waals surface area contributed by atoms with Crippen molar-refractivity contribution in [3.8, 4) is 0 Å². The van der Waals surface area contributed by atoms with Crippen LogP contribution < -0.4 is 0 Å². The molecule has 0 aliphatic rings. The molecule has 2 aromatic rings. The third-order valence-corrected chi connectivity index (χ3v) is 3.29. The minimum Gasteiger partial charge on any atom is -0.480 e. The molecule has 1 N–H and O–H groups in total. The Labute approximate surface area is 111 Å². The summed E-state index contributed by atoms with van der Waals surface area (Å²) in [5, 5.41) is 9.70. The minimum atomic E-state index is -1.32. The first-order valence-electron chi connectivity index (χ1n) is 6.00. The number of carboxylic acids is 1. The second kappa shape index (κ2) is 5.48. The maximum atomic E-state index is 11.9. The average molecular weight is 254 g/mol. The van der Waals surface area contributed by atoms with E-state index in [0.717, 1.165) is 0 Å². The number of benzene rings is 2. The number of hydrogen-bond acceptors (Lipinski definition) is 2. The van der Waals surface area contributed by atoms with E-state index in [0.29, 0.717) is 17.4 Å². The van der Waals surface area contributed by atoms with Gasteiger partial charge in [0.1, 0.15) is 11.7 Å². The smallest absolute Gasteiger partial charge is 0.319 e. The largest absolute Gasteiger partial charge is 0.480 e. The lowest BCUT2D eigenvalue weighted by atomic mass is 9.72. The molecule has 3 nitrogen and oxygen atoms in total. The van der Waals surface area contributed by atoms with Crippen molar-refractivity contribution in [2.45, 2.75) is 11.8 Å². The highest BCUT2D eigenvalue weighted by Gasteiger charge is 2.41. The predicted octanol–water partition coefficient (Wildman–Crippen LogP) is 2.65. The topological polar surface area (TPSA) is 54.4 Å². The van der Waals surface area contributed by atoms with Gasteiger partial charge in [0.25, 0.3) is 0 Å². The van der Waals surface area contributed by atoms with Crippen LogP contribution >= 0.6 is 0 Å². The van der Waals surface area contributed by atoms with Crippen LogP contribution in [0.15, 0.2) is 60.7 Å². The van der Waals surface area contributed by atoms with Gasteiger partial charge in [-0.25, -0.2) is 0 Å². The van der Waals surface area contributed by atoms with E-state index in [1.165, 1.54) is 0 Å². The van der Waals surface area contributed by atoms with Gasteiger partial charge in [-0.2, -0.15) is 0 Å². The van der Waals surface area contributed by atoms with Crippen molar-refractivity contribution >= 4 is 12.3 Å². The fourth-order valence-corrected chi connectivity index (χ4v) is 2.31. The third-order valence-electron chi connectivity index (χ3n) is 3.29. The van der Waals surface area contributed by atoms with Crippen molar-refractivity contribution in [2.75, 3.05) is 0 Å². The Morgan fingerprint density at radius 1 is 0.947 bits per heavy atom. The lowest BCUT2D eigenvalue weighted by molar-refractivity contribution is -0.143. The number of carbonyl (C=O) groups excluding carboxylic acids is 1. The van der Waals surface area contributed by atoms with Crippen molar-refractivity contribution in [3.05, 3.63) is 71.8 Å². The summed E-state index contributed by atoms with van der Waals surface area (Å²) in [5.74, 6) is -1.02. The van der Waals surface area contributed by atoms with E-state index >= 15 is 0 Å². The molecular formula is C16H14O3. The summed E-state index contributed by atoms with van der Waals surface area (Å²) in [7, 11) is 0. The Hall–Kier alpha value is -2.42. The third kappa shape index (κ3) is 2.27. The van der Waals surface area contributed by atoms with Gasteiger partial charge in [-0.15, -0.1) is 0 Å². The maximum absolute atomic E-state index is 11.9. The quantitative estimate of drug-likeness (QED) is 0.834. The molecule has 96 valence electrons. The molecule has 0 aliphatic heterocycles. The Kier molecular flexibility index (Phi) is 3.76. The van der Waals surface area contributed by atoms with Gasteiger partial charge < -0.3 is 9.90 Å². The molecule has 3 heteroatoms. The second-order valence-corrected chi connectivity index (χ2v) is 4.31. The standard InChI is InChI=1S/C16H14O3/c17-12-11-16(15(18)19,13-7-3-1-4-8-13)14-9-5-2-6-10-14/h1-10,12H,11H2,(H,18,19). The molecule has 0 amide bonds. The zero-order valence-corrected chi connectivity index (χ0v) is 10.3. The van der Waals surface area contributed by atoms with E-state index in [2.05, 4.69) is 0 Å². The molecule has 0 bridgehead atoms. The fraction of sp³-hybridized carbons (Fsp3) is 0.125. The summed E-state index contributed by atoms with van der Waals surface area (Å²) in [6.45, 7) is 0. The van der Waals surface area contributed by atoms with Crippen LogP contribution in [0.2, 0.25) is 0 Å². The SMILES string of the molecule is O=CCC(C(=O)O)(c1ccccc1)c1ccccc1. The van der Waals surface area contributed by atoms with Gasteiger partial charge in [-0.3, -0.25) is 4.79 Å². The van der Waals surface area contributed by atoms with Crippen LogP contribution in [0.1, 0.15) is 17.5 Å². The van der Waals surface area contributed by atoms with Gasteiger partial charge >= 0.3 is 5.97 Å². The van der Waals surface area contributed by atoms with E-state index in [-0.39, 0.29) is 6.42 Å². The Bertz CT molecular complexity index is 522. The maximum Gasteiger partial charge on any atom is 0.319 e. The van der Waals surface area contributed by atoms with E-state index in [1.807, 2.05) is 12.1 Å². The van der Waals surface area contributed by atoms with Gasteiger partial charge in [0, 0.05) is 6.42 Å². The summed E-state index contributed by atoms with van der Waals surface area (Å²) in [5.41, 5.74) is -0.0915. The van der Waals surface area contributed by atoms with Crippen molar-refractivity contribution in [2.24, 2.45) is 0 Å². The highest BCUT2D eigenvalue weighted by molar-refractivity contribution is 5.89. The number of rotatable bonds is 5. The van der Waals surface area contributed by atoms with Gasteiger partial charge in [0.05, 0.1) is 0 Å². The zero-order valence-electron chi connectivity index (χ0n) is 10.3. The predicted molar refractivity (Wildman–Crippen MR) is 72.0 cm³/mol. The summed E-state index contributed by atoms with van der Waals surface area (Å²) < 4.78 is 0. The fourth-order valence-electron chi connectivity index (χ4n) is 2.31. The molecule has 2 aromatic carbocycles. The number of hydrogen-bond donors (Lipinski definition) is 1. The highest BCUT2D eigenvalue weighted by Crippen LogP contribution is 2.35. The van der Waals surface area contributed by atoms with Gasteiger partial charge in [-0.05, 0) is 11.1 Å². The van der Waals surface area contributed by atoms with E-state index in [4.69, 9.17) is 0 Å². The molecule has 0 spiro atoms. The summed E-state index contributed by atoms with van der Waals surface area (Å²) >= 11 is 0. The Morgan fingerprint density at radius 3 is 1.68 bits per heavy atom. The molecule has 0 heterocycles. The van der Waals surface area contributed by atoms with Crippen molar-refractivity contribution in [1.29, 1.82) is 0 Å². The first-order valence-corrected chi connectivity index (χ1v) is 6.00. The highest BCUT2D eigenvalue weighted by atomic mass is 16.4. The number of aliphatic carboxylic acids is 1. The van der Waals surface area contributed by atoms with Crippen LogP contribution in [0.3, 0.4) is 0 Å². The number of carbonyl (C=O) groups is 2. The lowest BCUT2D eigenvalue weighted by Crippen LogP contribution is -2.37. The number of aldehydes is 1. The van der Waals surface area contributed by atoms with Gasteiger partial charge in [0.15, 0.2) is 0 Å². The summed E-state index contributed by atoms with van der Waals surface area (Å²) in [6, 6.07) is 17.7. The van der Waals surface area contributed by atoms with Crippen LogP contribution in [0.4, 0.5) is 0 Å². The Balaban J connectivity index is 2.68. The summed E-state index contributed by atoms with van der Waals surface area (Å²) in [6.07, 6.45) is 0.574. The van der Waals surface area contributed by atoms with Crippen molar-refractivity contribution < 1.29 is 14.7 Å². The van der Waals surface area contributed by atoms with E-state index in [9.17, 15) is 14.7 Å². The molecule has 0 radical (unpaired) electrons. The molecule has 0 aromatic heterocycles. The van der Waals surface area contributed by atoms with E-state index < -0.39 is 11.4 Å². The second-order valence-electron chi connectivity index (χ2n) is 4.31. The van der Waals surface area contributed by atoms with Crippen molar-refractivity contribution in [1.82, 2.24) is 0 Å². The first-order chi connectivity index (χ1) is 9.21. The monoisotopic (exact) mass is 254 g/mol.